The molecular formula is C29H31BrN4O4S2. The van der Waals surface area contributed by atoms with E-state index in [4.69, 9.17) is 4.74 Å². The number of rotatable bonds is 12. The molecule has 1 aromatic heterocycles. The van der Waals surface area contributed by atoms with Crippen molar-refractivity contribution in [3.8, 4) is 5.75 Å². The van der Waals surface area contributed by atoms with Gasteiger partial charge >= 0.3 is 0 Å². The SMILES string of the molecule is CCCCN(CC)S(=O)(=O)c1ccc(C(=O)N(/N=C/c2ccc(OCC)cc2)c2nc3ccc(Br)cc3s2)cc1. The number of nitrogens with zero attached hydrogens (tertiary/aromatic N) is 4. The van der Waals surface area contributed by atoms with Crippen molar-refractivity contribution in [2.75, 3.05) is 24.7 Å². The van der Waals surface area contributed by atoms with Gasteiger partial charge in [0.05, 0.1) is 27.9 Å². The first-order valence-electron chi connectivity index (χ1n) is 13.0. The van der Waals surface area contributed by atoms with Crippen LogP contribution in [-0.2, 0) is 10.0 Å². The predicted molar refractivity (Wildman–Crippen MR) is 165 cm³/mol. The van der Waals surface area contributed by atoms with Gasteiger partial charge in [0.2, 0.25) is 15.2 Å². The number of benzene rings is 3. The van der Waals surface area contributed by atoms with Gasteiger partial charge in [0, 0.05) is 23.1 Å². The van der Waals surface area contributed by atoms with E-state index in [-0.39, 0.29) is 4.90 Å². The van der Waals surface area contributed by atoms with Crippen molar-refractivity contribution < 1.29 is 17.9 Å². The minimum Gasteiger partial charge on any atom is -0.494 e. The highest BCUT2D eigenvalue weighted by molar-refractivity contribution is 9.10. The minimum absolute atomic E-state index is 0.149. The molecule has 0 aliphatic heterocycles. The van der Waals surface area contributed by atoms with E-state index in [0.29, 0.717) is 30.4 Å². The lowest BCUT2D eigenvalue weighted by Gasteiger charge is -2.20. The molecule has 0 fully saturated rings. The van der Waals surface area contributed by atoms with E-state index < -0.39 is 15.9 Å². The molecular weight excluding hydrogens is 612 g/mol. The topological polar surface area (TPSA) is 92.2 Å². The number of hydrazone groups is 1. The van der Waals surface area contributed by atoms with E-state index >= 15 is 0 Å². The second-order valence-corrected chi connectivity index (χ2v) is 12.7. The zero-order chi connectivity index (χ0) is 28.7. The number of amides is 1. The molecule has 3 aromatic carbocycles. The summed E-state index contributed by atoms with van der Waals surface area (Å²) in [4.78, 5) is 18.5. The molecule has 0 N–H and O–H groups in total. The lowest BCUT2D eigenvalue weighted by atomic mass is 10.2. The van der Waals surface area contributed by atoms with Crippen molar-refractivity contribution in [1.29, 1.82) is 0 Å². The van der Waals surface area contributed by atoms with Crippen LogP contribution in [0.2, 0.25) is 0 Å². The molecule has 0 saturated heterocycles. The standard InChI is InChI=1S/C29H31BrN4O4S2/c1-4-7-18-33(5-2)40(36,37)25-15-10-22(11-16-25)28(35)34(29-32-26-17-12-23(30)19-27(26)39-29)31-20-21-8-13-24(14-9-21)38-6-3/h8-17,19-20H,4-7,18H2,1-3H3/b31-20+. The second kappa shape index (κ2) is 13.5. The Kier molecular flexibility index (Phi) is 10.1. The van der Waals surface area contributed by atoms with Gasteiger partial charge in [-0.15, -0.1) is 0 Å². The second-order valence-electron chi connectivity index (χ2n) is 8.85. The number of ether oxygens (including phenoxy) is 1. The average molecular weight is 644 g/mol. The Balaban J connectivity index is 1.66. The number of thiazole rings is 1. The van der Waals surface area contributed by atoms with Gasteiger partial charge in [-0.25, -0.2) is 13.4 Å². The summed E-state index contributed by atoms with van der Waals surface area (Å²) in [5.74, 6) is 0.318. The van der Waals surface area contributed by atoms with Crippen LogP contribution < -0.4 is 9.75 Å². The molecule has 0 unspecified atom stereocenters. The maximum Gasteiger partial charge on any atom is 0.280 e. The van der Waals surface area contributed by atoms with E-state index in [1.807, 2.05) is 63.2 Å². The van der Waals surface area contributed by atoms with Gasteiger partial charge < -0.3 is 4.74 Å². The first-order valence-corrected chi connectivity index (χ1v) is 16.1. The summed E-state index contributed by atoms with van der Waals surface area (Å²) in [5, 5.41) is 6.15. The summed E-state index contributed by atoms with van der Waals surface area (Å²) in [7, 11) is -3.66. The van der Waals surface area contributed by atoms with Crippen molar-refractivity contribution >= 4 is 64.8 Å². The summed E-state index contributed by atoms with van der Waals surface area (Å²) in [6.45, 7) is 7.17. The van der Waals surface area contributed by atoms with Crippen molar-refractivity contribution in [2.24, 2.45) is 5.10 Å². The first-order chi connectivity index (χ1) is 19.3. The number of carbonyl (C=O) groups is 1. The summed E-state index contributed by atoms with van der Waals surface area (Å²) in [5.41, 5.74) is 1.81. The molecule has 210 valence electrons. The quantitative estimate of drug-likeness (QED) is 0.123. The Bertz CT molecular complexity index is 1590. The van der Waals surface area contributed by atoms with E-state index in [2.05, 4.69) is 26.0 Å². The summed E-state index contributed by atoms with van der Waals surface area (Å²) < 4.78 is 35.0. The molecule has 1 amide bonds. The molecule has 0 bridgehead atoms. The molecule has 0 atom stereocenters. The predicted octanol–water partition coefficient (Wildman–Crippen LogP) is 6.95. The zero-order valence-electron chi connectivity index (χ0n) is 22.6. The number of hydrogen-bond acceptors (Lipinski definition) is 7. The van der Waals surface area contributed by atoms with Gasteiger partial charge in [-0.05, 0) is 85.6 Å². The van der Waals surface area contributed by atoms with Crippen molar-refractivity contribution in [2.45, 2.75) is 38.5 Å². The molecule has 0 aliphatic rings. The maximum absolute atomic E-state index is 13.7. The number of carbonyl (C=O) groups excluding carboxylic acids is 1. The van der Waals surface area contributed by atoms with Crippen LogP contribution in [0.5, 0.6) is 5.75 Å². The number of anilines is 1. The average Bonchev–Trinajstić information content (AvgIpc) is 3.37. The summed E-state index contributed by atoms with van der Waals surface area (Å²) in [6, 6.07) is 19.1. The number of halogens is 1. The molecule has 8 nitrogen and oxygen atoms in total. The fourth-order valence-electron chi connectivity index (χ4n) is 3.93. The number of hydrogen-bond donors (Lipinski definition) is 0. The Morgan fingerprint density at radius 1 is 1.05 bits per heavy atom. The Morgan fingerprint density at radius 3 is 2.42 bits per heavy atom. The van der Waals surface area contributed by atoms with E-state index in [1.165, 1.54) is 44.9 Å². The third-order valence-electron chi connectivity index (χ3n) is 6.08. The van der Waals surface area contributed by atoms with Crippen LogP contribution in [0.4, 0.5) is 5.13 Å². The van der Waals surface area contributed by atoms with E-state index in [1.54, 1.807) is 6.21 Å². The molecule has 11 heteroatoms. The molecule has 4 aromatic rings. The molecule has 0 radical (unpaired) electrons. The normalized spacial score (nSPS) is 11.9. The van der Waals surface area contributed by atoms with Crippen molar-refractivity contribution in [3.05, 3.63) is 82.3 Å². The Morgan fingerprint density at radius 2 is 1.77 bits per heavy atom. The summed E-state index contributed by atoms with van der Waals surface area (Å²) in [6.07, 6.45) is 3.26. The highest BCUT2D eigenvalue weighted by atomic mass is 79.9. The van der Waals surface area contributed by atoms with Crippen LogP contribution in [0.25, 0.3) is 10.2 Å². The van der Waals surface area contributed by atoms with Crippen LogP contribution in [0, 0.1) is 0 Å². The lowest BCUT2D eigenvalue weighted by molar-refractivity contribution is 0.0987. The van der Waals surface area contributed by atoms with Gasteiger partial charge in [0.1, 0.15) is 5.75 Å². The first kappa shape index (κ1) is 29.9. The van der Waals surface area contributed by atoms with Crippen molar-refractivity contribution in [1.82, 2.24) is 9.29 Å². The zero-order valence-corrected chi connectivity index (χ0v) is 25.8. The van der Waals surface area contributed by atoms with Gasteiger partial charge in [0.15, 0.2) is 0 Å². The highest BCUT2D eigenvalue weighted by Gasteiger charge is 2.25. The fourth-order valence-corrected chi connectivity index (χ4v) is 6.89. The monoisotopic (exact) mass is 642 g/mol. The molecule has 40 heavy (non-hydrogen) atoms. The molecule has 0 saturated carbocycles. The van der Waals surface area contributed by atoms with Crippen LogP contribution in [0.1, 0.15) is 49.5 Å². The van der Waals surface area contributed by atoms with Gasteiger partial charge in [0.25, 0.3) is 5.91 Å². The third-order valence-corrected chi connectivity index (χ3v) is 9.55. The van der Waals surface area contributed by atoms with E-state index in [0.717, 1.165) is 38.8 Å². The van der Waals surface area contributed by atoms with Gasteiger partial charge in [-0.2, -0.15) is 14.4 Å². The Labute approximate surface area is 247 Å². The van der Waals surface area contributed by atoms with Crippen LogP contribution in [0.15, 0.2) is 81.2 Å². The number of aromatic nitrogens is 1. The molecule has 4 rings (SSSR count). The van der Waals surface area contributed by atoms with Gasteiger partial charge in [-0.3, -0.25) is 4.79 Å². The lowest BCUT2D eigenvalue weighted by Crippen LogP contribution is -2.32. The number of sulfonamides is 1. The number of unbranched alkanes of at least 4 members (excludes halogenated alkanes) is 1. The maximum atomic E-state index is 13.7. The van der Waals surface area contributed by atoms with E-state index in [9.17, 15) is 13.2 Å². The van der Waals surface area contributed by atoms with Crippen LogP contribution >= 0.6 is 27.3 Å². The van der Waals surface area contributed by atoms with Crippen LogP contribution in [-0.4, -0.2) is 49.5 Å². The third kappa shape index (κ3) is 6.95. The van der Waals surface area contributed by atoms with Gasteiger partial charge in [-0.1, -0.05) is 47.5 Å². The fraction of sp³-hybridized carbons (Fsp3) is 0.276. The number of fused-ring (bicyclic) bond motifs is 1. The highest BCUT2D eigenvalue weighted by Crippen LogP contribution is 2.32. The van der Waals surface area contributed by atoms with Crippen molar-refractivity contribution in [3.63, 3.8) is 0 Å². The molecule has 0 spiro atoms. The largest absolute Gasteiger partial charge is 0.494 e. The summed E-state index contributed by atoms with van der Waals surface area (Å²) >= 11 is 4.82. The smallest absolute Gasteiger partial charge is 0.280 e. The Hall–Kier alpha value is -3.12. The minimum atomic E-state index is -3.66. The van der Waals surface area contributed by atoms with Crippen LogP contribution in [0.3, 0.4) is 0 Å². The molecule has 1 heterocycles. The molecule has 0 aliphatic carbocycles.